The maximum Gasteiger partial charge on any atom is 0.196 e. The maximum absolute atomic E-state index is 12.9. The largest absolute Gasteiger partial charge is 0.495 e. The van der Waals surface area contributed by atoms with Crippen LogP contribution in [0.2, 0.25) is 0 Å². The lowest BCUT2D eigenvalue weighted by molar-refractivity contribution is -0.304. The quantitative estimate of drug-likeness (QED) is 0.360. The van der Waals surface area contributed by atoms with Crippen LogP contribution in [0.15, 0.2) is 21.3 Å². The topological polar surface area (TPSA) is 168 Å². The van der Waals surface area contributed by atoms with Crippen molar-refractivity contribution in [2.75, 3.05) is 13.7 Å². The molecule has 1 aromatic carbocycles. The van der Waals surface area contributed by atoms with Crippen LogP contribution < -0.4 is 14.9 Å². The van der Waals surface area contributed by atoms with E-state index in [1.165, 1.54) is 13.2 Å². The van der Waals surface area contributed by atoms with Crippen LogP contribution in [0, 0.1) is 0 Å². The molecule has 11 nitrogen and oxygen atoms in total. The summed E-state index contributed by atoms with van der Waals surface area (Å²) in [5.74, 6) is 0.842. The molecule has 1 saturated heterocycles. The molecule has 4 rings (SSSR count). The Morgan fingerprint density at radius 3 is 2.52 bits per heavy atom. The highest BCUT2D eigenvalue weighted by Crippen LogP contribution is 2.43. The molecule has 0 spiro atoms. The minimum atomic E-state index is -1.59. The Labute approximate surface area is 188 Å². The van der Waals surface area contributed by atoms with Gasteiger partial charge in [0.25, 0.3) is 0 Å². The summed E-state index contributed by atoms with van der Waals surface area (Å²) < 4.78 is 27.9. The number of aliphatic hydroxyl groups excluding tert-OH is 4. The molecule has 0 radical (unpaired) electrons. The summed E-state index contributed by atoms with van der Waals surface area (Å²) in [6, 6.07) is 2.77. The van der Waals surface area contributed by atoms with Crippen LogP contribution in [0.5, 0.6) is 11.5 Å². The molecular weight excluding hydrogens is 440 g/mol. The van der Waals surface area contributed by atoms with Gasteiger partial charge in [0.2, 0.25) is 0 Å². The first-order chi connectivity index (χ1) is 15.5. The fourth-order valence-corrected chi connectivity index (χ4v) is 4.09. The van der Waals surface area contributed by atoms with Crippen LogP contribution in [0.25, 0.3) is 11.0 Å². The fourth-order valence-electron chi connectivity index (χ4n) is 4.09. The predicted molar refractivity (Wildman–Crippen MR) is 112 cm³/mol. The molecule has 5 N–H and O–H groups in total. The molecular formula is C22H28O11. The highest BCUT2D eigenvalue weighted by molar-refractivity contribution is 5.87. The summed E-state index contributed by atoms with van der Waals surface area (Å²) in [6.07, 6.45) is -7.33. The van der Waals surface area contributed by atoms with Gasteiger partial charge < -0.3 is 48.9 Å². The summed E-state index contributed by atoms with van der Waals surface area (Å²) in [5, 5.41) is 49.7. The lowest BCUT2D eigenvalue weighted by atomic mass is 9.96. The van der Waals surface area contributed by atoms with Crippen molar-refractivity contribution in [2.45, 2.75) is 69.3 Å². The lowest BCUT2D eigenvalue weighted by Crippen LogP contribution is -2.59. The summed E-state index contributed by atoms with van der Waals surface area (Å²) in [6.45, 7) is 2.37. The number of rotatable bonds is 6. The van der Waals surface area contributed by atoms with E-state index in [0.29, 0.717) is 23.5 Å². The summed E-state index contributed by atoms with van der Waals surface area (Å²) in [4.78, 5) is 12.9. The number of hydrogen-bond acceptors (Lipinski definition) is 11. The predicted octanol–water partition coefficient (Wildman–Crippen LogP) is -0.808. The van der Waals surface area contributed by atoms with Gasteiger partial charge in [-0.15, -0.1) is 0 Å². The summed E-state index contributed by atoms with van der Waals surface area (Å²) in [7, 11) is 1.43. The summed E-state index contributed by atoms with van der Waals surface area (Å²) >= 11 is 0. The molecule has 0 aliphatic carbocycles. The van der Waals surface area contributed by atoms with Crippen LogP contribution in [0.3, 0.4) is 0 Å². The molecule has 0 bridgehead atoms. The van der Waals surface area contributed by atoms with Crippen molar-refractivity contribution in [2.24, 2.45) is 0 Å². The van der Waals surface area contributed by atoms with E-state index in [1.807, 2.05) is 0 Å². The average molecular weight is 468 g/mol. The van der Waals surface area contributed by atoms with E-state index < -0.39 is 54.4 Å². The molecule has 2 aromatic rings. The first kappa shape index (κ1) is 23.9. The van der Waals surface area contributed by atoms with E-state index in [1.54, 1.807) is 19.9 Å². The Bertz CT molecular complexity index is 1070. The first-order valence-electron chi connectivity index (χ1n) is 10.5. The lowest BCUT2D eigenvalue weighted by Gasteiger charge is -2.39. The second-order valence-corrected chi connectivity index (χ2v) is 8.81. The Hall–Kier alpha value is -2.25. The molecule has 0 unspecified atom stereocenters. The van der Waals surface area contributed by atoms with Crippen molar-refractivity contribution in [1.29, 1.82) is 0 Å². The molecule has 0 amide bonds. The van der Waals surface area contributed by atoms with E-state index in [2.05, 4.69) is 0 Å². The van der Waals surface area contributed by atoms with Crippen LogP contribution in [-0.4, -0.2) is 81.7 Å². The second kappa shape index (κ2) is 8.84. The van der Waals surface area contributed by atoms with Gasteiger partial charge in [-0.2, -0.15) is 0 Å². The SMILES string of the molecule is COc1c2c(cc3oc(CO[C@H]4O[C@H](CO)[C@@H](O)[C@@H](O)[C@H]4O)cc(=O)c13)O[C@H](C(C)(C)O)C2. The van der Waals surface area contributed by atoms with Gasteiger partial charge in [0.1, 0.15) is 65.4 Å². The first-order valence-corrected chi connectivity index (χ1v) is 10.5. The molecule has 3 heterocycles. The Kier molecular flexibility index (Phi) is 6.40. The standard InChI is InChI=1S/C22H28O11/c1-22(2,28)15-5-10-12(32-15)6-13-16(20(10)29-3)11(24)4-9(31-13)8-30-21-19(27)18(26)17(25)14(7-23)33-21/h4,6,14-15,17-19,21,23,25-28H,5,7-8H2,1-3H3/t14-,15+,17-,18-,19-,21+/m1/s1. The minimum Gasteiger partial charge on any atom is -0.495 e. The van der Waals surface area contributed by atoms with E-state index >= 15 is 0 Å². The van der Waals surface area contributed by atoms with E-state index in [0.717, 1.165) is 0 Å². The van der Waals surface area contributed by atoms with Gasteiger partial charge in [0, 0.05) is 24.1 Å². The van der Waals surface area contributed by atoms with Crippen LogP contribution in [-0.2, 0) is 22.5 Å². The molecule has 2 aliphatic rings. The molecule has 182 valence electrons. The van der Waals surface area contributed by atoms with Crippen molar-refractivity contribution in [3.63, 3.8) is 0 Å². The zero-order chi connectivity index (χ0) is 24.1. The van der Waals surface area contributed by atoms with Gasteiger partial charge in [0.15, 0.2) is 11.7 Å². The smallest absolute Gasteiger partial charge is 0.196 e. The van der Waals surface area contributed by atoms with Gasteiger partial charge >= 0.3 is 0 Å². The monoisotopic (exact) mass is 468 g/mol. The van der Waals surface area contributed by atoms with Gasteiger partial charge in [-0.25, -0.2) is 0 Å². The zero-order valence-electron chi connectivity index (χ0n) is 18.4. The molecule has 2 aliphatic heterocycles. The van der Waals surface area contributed by atoms with Crippen LogP contribution in [0.4, 0.5) is 0 Å². The van der Waals surface area contributed by atoms with Gasteiger partial charge in [-0.05, 0) is 13.8 Å². The van der Waals surface area contributed by atoms with E-state index in [4.69, 9.17) is 23.4 Å². The van der Waals surface area contributed by atoms with Crippen molar-refractivity contribution in [3.8, 4) is 11.5 Å². The second-order valence-electron chi connectivity index (χ2n) is 8.81. The maximum atomic E-state index is 12.9. The molecule has 6 atom stereocenters. The molecule has 33 heavy (non-hydrogen) atoms. The normalized spacial score (nSPS) is 29.7. The number of fused-ring (bicyclic) bond motifs is 2. The number of ether oxygens (including phenoxy) is 4. The van der Waals surface area contributed by atoms with Crippen molar-refractivity contribution < 1.29 is 48.9 Å². The van der Waals surface area contributed by atoms with Crippen LogP contribution in [0.1, 0.15) is 25.2 Å². The Morgan fingerprint density at radius 1 is 1.15 bits per heavy atom. The zero-order valence-corrected chi connectivity index (χ0v) is 18.4. The van der Waals surface area contributed by atoms with E-state index in [-0.39, 0.29) is 23.3 Å². The minimum absolute atomic E-state index is 0.100. The molecule has 11 heteroatoms. The van der Waals surface area contributed by atoms with Gasteiger partial charge in [0.05, 0.1) is 19.3 Å². The molecule has 0 saturated carbocycles. The molecule has 1 aromatic heterocycles. The number of methoxy groups -OCH3 is 1. The van der Waals surface area contributed by atoms with E-state index in [9.17, 15) is 30.3 Å². The number of hydrogen-bond donors (Lipinski definition) is 5. The third-order valence-corrected chi connectivity index (χ3v) is 5.98. The van der Waals surface area contributed by atoms with Gasteiger partial charge in [-0.3, -0.25) is 4.79 Å². The molecule has 1 fully saturated rings. The third-order valence-electron chi connectivity index (χ3n) is 5.98. The van der Waals surface area contributed by atoms with Gasteiger partial charge in [-0.1, -0.05) is 0 Å². The average Bonchev–Trinajstić information content (AvgIpc) is 3.20. The number of aliphatic hydroxyl groups is 5. The van der Waals surface area contributed by atoms with Crippen molar-refractivity contribution >= 4 is 11.0 Å². The number of benzene rings is 1. The van der Waals surface area contributed by atoms with Crippen molar-refractivity contribution in [3.05, 3.63) is 33.7 Å². The third kappa shape index (κ3) is 4.33. The Morgan fingerprint density at radius 2 is 1.88 bits per heavy atom. The van der Waals surface area contributed by atoms with Crippen LogP contribution >= 0.6 is 0 Å². The van der Waals surface area contributed by atoms with Crippen molar-refractivity contribution in [1.82, 2.24) is 0 Å². The summed E-state index contributed by atoms with van der Waals surface area (Å²) in [5.41, 5.74) is -0.662. The Balaban J connectivity index is 1.61. The fraction of sp³-hybridized carbons (Fsp3) is 0.591. The highest BCUT2D eigenvalue weighted by atomic mass is 16.7. The highest BCUT2D eigenvalue weighted by Gasteiger charge is 2.44.